The molecule has 1 aromatic rings. The van der Waals surface area contributed by atoms with Crippen LogP contribution >= 0.6 is 11.6 Å². The average molecular weight is 292 g/mol. The third-order valence-corrected chi connectivity index (χ3v) is 5.27. The first-order chi connectivity index (χ1) is 9.77. The molecule has 3 rings (SSSR count). The molecular formula is C17H22ClNO. The van der Waals surface area contributed by atoms with E-state index in [1.807, 2.05) is 30.3 Å². The first-order valence-corrected chi connectivity index (χ1v) is 8.20. The van der Waals surface area contributed by atoms with Crippen LogP contribution in [0.3, 0.4) is 0 Å². The van der Waals surface area contributed by atoms with Gasteiger partial charge in [-0.1, -0.05) is 43.2 Å². The summed E-state index contributed by atoms with van der Waals surface area (Å²) in [6, 6.07) is 10.2. The number of benzene rings is 1. The fraction of sp³-hybridized carbons (Fsp3) is 0.588. The maximum Gasteiger partial charge on any atom is 0.245 e. The normalized spacial score (nSPS) is 25.1. The summed E-state index contributed by atoms with van der Waals surface area (Å²) in [4.78, 5) is 14.8. The van der Waals surface area contributed by atoms with Crippen LogP contribution in [0.15, 0.2) is 30.3 Å². The van der Waals surface area contributed by atoms with Gasteiger partial charge in [-0.2, -0.15) is 0 Å². The van der Waals surface area contributed by atoms with E-state index < -0.39 is 5.38 Å². The highest BCUT2D eigenvalue weighted by Gasteiger charge is 2.38. The summed E-state index contributed by atoms with van der Waals surface area (Å²) in [7, 11) is 0. The molecule has 3 heteroatoms. The van der Waals surface area contributed by atoms with Gasteiger partial charge in [0, 0.05) is 12.6 Å². The predicted octanol–water partition coefficient (Wildman–Crippen LogP) is 4.15. The molecule has 1 aliphatic carbocycles. The molecule has 1 aromatic carbocycles. The Morgan fingerprint density at radius 3 is 2.50 bits per heavy atom. The Hall–Kier alpha value is -1.02. The molecule has 0 aromatic heterocycles. The summed E-state index contributed by atoms with van der Waals surface area (Å²) in [5, 5.41) is -0.529. The largest absolute Gasteiger partial charge is 0.338 e. The van der Waals surface area contributed by atoms with Crippen molar-refractivity contribution in [3.05, 3.63) is 35.9 Å². The Labute approximate surface area is 126 Å². The minimum absolute atomic E-state index is 0.104. The van der Waals surface area contributed by atoms with Crippen LogP contribution in [-0.2, 0) is 4.79 Å². The number of hydrogen-bond acceptors (Lipinski definition) is 1. The molecule has 1 amide bonds. The molecule has 0 spiro atoms. The Morgan fingerprint density at radius 1 is 1.10 bits per heavy atom. The van der Waals surface area contributed by atoms with Crippen LogP contribution in [0.4, 0.5) is 0 Å². The van der Waals surface area contributed by atoms with E-state index in [-0.39, 0.29) is 5.91 Å². The lowest BCUT2D eigenvalue weighted by molar-refractivity contribution is -0.132. The highest BCUT2D eigenvalue weighted by molar-refractivity contribution is 6.30. The van der Waals surface area contributed by atoms with Gasteiger partial charge in [-0.3, -0.25) is 4.79 Å². The Balaban J connectivity index is 1.72. The second kappa shape index (κ2) is 6.17. The van der Waals surface area contributed by atoms with E-state index in [9.17, 15) is 4.79 Å². The van der Waals surface area contributed by atoms with E-state index in [0.717, 1.165) is 24.9 Å². The van der Waals surface area contributed by atoms with E-state index in [2.05, 4.69) is 4.90 Å². The van der Waals surface area contributed by atoms with Crippen LogP contribution < -0.4 is 0 Å². The molecule has 1 saturated carbocycles. The van der Waals surface area contributed by atoms with Crippen molar-refractivity contribution in [2.45, 2.75) is 49.9 Å². The van der Waals surface area contributed by atoms with Crippen molar-refractivity contribution in [3.63, 3.8) is 0 Å². The number of halogens is 1. The first kappa shape index (κ1) is 13.9. The Morgan fingerprint density at radius 2 is 1.80 bits per heavy atom. The molecule has 1 heterocycles. The van der Waals surface area contributed by atoms with Gasteiger partial charge >= 0.3 is 0 Å². The molecule has 2 fully saturated rings. The molecule has 0 N–H and O–H groups in total. The molecule has 2 atom stereocenters. The Bertz CT molecular complexity index is 455. The number of nitrogens with zero attached hydrogens (tertiary/aromatic N) is 1. The molecule has 1 aliphatic heterocycles. The van der Waals surface area contributed by atoms with E-state index >= 15 is 0 Å². The summed E-state index contributed by atoms with van der Waals surface area (Å²) in [5.41, 5.74) is 0.913. The highest BCUT2D eigenvalue weighted by Crippen LogP contribution is 2.37. The van der Waals surface area contributed by atoms with Gasteiger partial charge in [0.25, 0.3) is 0 Å². The van der Waals surface area contributed by atoms with Gasteiger partial charge in [0.2, 0.25) is 5.91 Å². The summed E-state index contributed by atoms with van der Waals surface area (Å²) >= 11 is 6.42. The number of hydrogen-bond donors (Lipinski definition) is 0. The standard InChI is InChI=1S/C17H22ClNO/c18-16(14-9-2-1-3-10-14)17(20)19-12-6-11-15(19)13-7-4-5-8-13/h1-3,9-10,13,15-16H,4-8,11-12H2. The SMILES string of the molecule is O=C(C(Cl)c1ccccc1)N1CCCC1C1CCCC1. The zero-order valence-electron chi connectivity index (χ0n) is 11.8. The number of carbonyl (C=O) groups is 1. The lowest BCUT2D eigenvalue weighted by Gasteiger charge is -2.31. The smallest absolute Gasteiger partial charge is 0.245 e. The number of alkyl halides is 1. The highest BCUT2D eigenvalue weighted by atomic mass is 35.5. The zero-order valence-corrected chi connectivity index (χ0v) is 12.6. The predicted molar refractivity (Wildman–Crippen MR) is 81.7 cm³/mol. The van der Waals surface area contributed by atoms with Gasteiger partial charge in [-0.15, -0.1) is 11.6 Å². The minimum Gasteiger partial charge on any atom is -0.338 e. The number of likely N-dealkylation sites (tertiary alicyclic amines) is 1. The van der Waals surface area contributed by atoms with Gasteiger partial charge in [0.05, 0.1) is 0 Å². The quantitative estimate of drug-likeness (QED) is 0.766. The zero-order chi connectivity index (χ0) is 13.9. The van der Waals surface area contributed by atoms with Gasteiger partial charge in [0.1, 0.15) is 5.38 Å². The summed E-state index contributed by atoms with van der Waals surface area (Å²) < 4.78 is 0. The van der Waals surface area contributed by atoms with E-state index in [4.69, 9.17) is 11.6 Å². The molecule has 2 unspecified atom stereocenters. The molecule has 2 nitrogen and oxygen atoms in total. The third-order valence-electron chi connectivity index (χ3n) is 4.84. The fourth-order valence-electron chi connectivity index (χ4n) is 3.81. The van der Waals surface area contributed by atoms with Crippen molar-refractivity contribution in [2.24, 2.45) is 5.92 Å². The molecule has 2 aliphatic rings. The van der Waals surface area contributed by atoms with Gasteiger partial charge < -0.3 is 4.90 Å². The van der Waals surface area contributed by atoms with Crippen LogP contribution in [0.1, 0.15) is 49.5 Å². The van der Waals surface area contributed by atoms with Crippen molar-refractivity contribution in [2.75, 3.05) is 6.54 Å². The van der Waals surface area contributed by atoms with Crippen molar-refractivity contribution in [1.82, 2.24) is 4.90 Å². The second-order valence-electron chi connectivity index (χ2n) is 6.06. The topological polar surface area (TPSA) is 20.3 Å². The van der Waals surface area contributed by atoms with Gasteiger partial charge in [0.15, 0.2) is 0 Å². The van der Waals surface area contributed by atoms with Crippen LogP contribution in [0.25, 0.3) is 0 Å². The van der Waals surface area contributed by atoms with Crippen molar-refractivity contribution in [1.29, 1.82) is 0 Å². The first-order valence-electron chi connectivity index (χ1n) is 7.77. The maximum atomic E-state index is 12.7. The molecule has 20 heavy (non-hydrogen) atoms. The molecule has 0 radical (unpaired) electrons. The van der Waals surface area contributed by atoms with Crippen LogP contribution in [0.5, 0.6) is 0 Å². The van der Waals surface area contributed by atoms with Gasteiger partial charge in [-0.25, -0.2) is 0 Å². The molecule has 1 saturated heterocycles. The van der Waals surface area contributed by atoms with E-state index in [1.54, 1.807) is 0 Å². The third kappa shape index (κ3) is 2.71. The van der Waals surface area contributed by atoms with Crippen molar-refractivity contribution < 1.29 is 4.79 Å². The minimum atomic E-state index is -0.529. The van der Waals surface area contributed by atoms with Crippen LogP contribution in [0.2, 0.25) is 0 Å². The summed E-state index contributed by atoms with van der Waals surface area (Å²) in [6.07, 6.45) is 7.51. The molecule has 108 valence electrons. The Kier molecular flexibility index (Phi) is 4.30. The number of carbonyl (C=O) groups excluding carboxylic acids is 1. The van der Waals surface area contributed by atoms with Crippen molar-refractivity contribution in [3.8, 4) is 0 Å². The lowest BCUT2D eigenvalue weighted by atomic mass is 9.95. The number of rotatable bonds is 3. The fourth-order valence-corrected chi connectivity index (χ4v) is 4.08. The van der Waals surface area contributed by atoms with Gasteiger partial charge in [-0.05, 0) is 37.2 Å². The summed E-state index contributed by atoms with van der Waals surface area (Å²) in [5.74, 6) is 0.813. The average Bonchev–Trinajstić information content (AvgIpc) is 3.16. The van der Waals surface area contributed by atoms with E-state index in [0.29, 0.717) is 12.0 Å². The van der Waals surface area contributed by atoms with Crippen LogP contribution in [-0.4, -0.2) is 23.4 Å². The van der Waals surface area contributed by atoms with Crippen molar-refractivity contribution >= 4 is 17.5 Å². The lowest BCUT2D eigenvalue weighted by Crippen LogP contribution is -2.41. The number of amides is 1. The molecule has 0 bridgehead atoms. The maximum absolute atomic E-state index is 12.7. The molecular weight excluding hydrogens is 270 g/mol. The van der Waals surface area contributed by atoms with E-state index in [1.165, 1.54) is 25.7 Å². The van der Waals surface area contributed by atoms with Crippen LogP contribution in [0, 0.1) is 5.92 Å². The monoisotopic (exact) mass is 291 g/mol. The summed E-state index contributed by atoms with van der Waals surface area (Å²) in [6.45, 7) is 0.885. The second-order valence-corrected chi connectivity index (χ2v) is 6.50.